The molecule has 1 N–H and O–H groups in total. The van der Waals surface area contributed by atoms with Crippen molar-refractivity contribution in [2.24, 2.45) is 0 Å². The molecule has 6 heteroatoms. The molecule has 1 fully saturated rings. The van der Waals surface area contributed by atoms with Gasteiger partial charge in [-0.3, -0.25) is 4.79 Å². The van der Waals surface area contributed by atoms with Crippen LogP contribution in [0.4, 0.5) is 0 Å². The van der Waals surface area contributed by atoms with Crippen molar-refractivity contribution in [3.63, 3.8) is 0 Å². The molecule has 2 heterocycles. The van der Waals surface area contributed by atoms with Crippen LogP contribution in [-0.4, -0.2) is 29.4 Å². The van der Waals surface area contributed by atoms with Gasteiger partial charge in [0.25, 0.3) is 5.56 Å². The van der Waals surface area contributed by atoms with E-state index in [1.807, 2.05) is 17.6 Å². The first-order valence-electron chi connectivity index (χ1n) is 12.6. The van der Waals surface area contributed by atoms with E-state index in [0.717, 1.165) is 65.8 Å². The van der Waals surface area contributed by atoms with Gasteiger partial charge < -0.3 is 24.2 Å². The zero-order valence-electron chi connectivity index (χ0n) is 20.6. The fourth-order valence-corrected chi connectivity index (χ4v) is 5.45. The summed E-state index contributed by atoms with van der Waals surface area (Å²) in [5, 5.41) is 4.78. The van der Waals surface area contributed by atoms with Crippen LogP contribution in [0.15, 0.2) is 47.3 Å². The highest BCUT2D eigenvalue weighted by molar-refractivity contribution is 5.83. The average molecular weight is 472 g/mol. The number of rotatable bonds is 6. The fraction of sp³-hybridized carbons (Fsp3) is 0.448. The third-order valence-corrected chi connectivity index (χ3v) is 7.63. The highest BCUT2D eigenvalue weighted by Gasteiger charge is 2.40. The number of aromatic nitrogens is 1. The lowest BCUT2D eigenvalue weighted by Crippen LogP contribution is -2.40. The van der Waals surface area contributed by atoms with E-state index in [9.17, 15) is 4.79 Å². The lowest BCUT2D eigenvalue weighted by molar-refractivity contribution is 0.171. The summed E-state index contributed by atoms with van der Waals surface area (Å²) in [6.07, 6.45) is 4.35. The largest absolute Gasteiger partial charge is 0.486 e. The van der Waals surface area contributed by atoms with E-state index in [1.54, 1.807) is 6.07 Å². The Hall–Kier alpha value is -3.30. The minimum absolute atomic E-state index is 0.0236. The maximum absolute atomic E-state index is 12.9. The van der Waals surface area contributed by atoms with Gasteiger partial charge in [-0.05, 0) is 61.6 Å². The van der Waals surface area contributed by atoms with Gasteiger partial charge in [0.05, 0.1) is 5.52 Å². The van der Waals surface area contributed by atoms with Crippen LogP contribution >= 0.6 is 0 Å². The normalized spacial score (nSPS) is 21.6. The standard InChI is InChI=1S/C29H33N3O3/c1-20-4-6-24-21(2)17-28(33)32(25(24)16-20)13-12-29(30-3)10-8-23(9-11-29)31-19-22-5-7-26-27(18-22)35-15-14-34-26/h4-7,16-18,23,31H,8-15,19H2,1-2H3. The molecule has 0 atom stereocenters. The molecule has 0 spiro atoms. The van der Waals surface area contributed by atoms with E-state index in [1.165, 1.54) is 5.56 Å². The molecule has 1 aromatic heterocycles. The molecule has 35 heavy (non-hydrogen) atoms. The lowest BCUT2D eigenvalue weighted by Gasteiger charge is -2.32. The van der Waals surface area contributed by atoms with E-state index in [0.29, 0.717) is 32.2 Å². The minimum Gasteiger partial charge on any atom is -0.486 e. The van der Waals surface area contributed by atoms with Gasteiger partial charge in [-0.2, -0.15) is 0 Å². The molecule has 3 aromatic rings. The van der Waals surface area contributed by atoms with Crippen LogP contribution in [0.1, 0.15) is 48.8 Å². The van der Waals surface area contributed by atoms with Crippen molar-refractivity contribution >= 4 is 10.9 Å². The Bertz CT molecular complexity index is 1330. The Kier molecular flexibility index (Phi) is 6.53. The highest BCUT2D eigenvalue weighted by atomic mass is 16.6. The molecule has 0 unspecified atom stereocenters. The van der Waals surface area contributed by atoms with E-state index >= 15 is 0 Å². The maximum Gasteiger partial charge on any atom is 0.251 e. The quantitative estimate of drug-likeness (QED) is 0.504. The Labute approximate surface area is 206 Å². The van der Waals surface area contributed by atoms with Gasteiger partial charge in [0, 0.05) is 49.8 Å². The second-order valence-electron chi connectivity index (χ2n) is 10.1. The molecule has 1 saturated carbocycles. The molecule has 0 bridgehead atoms. The summed E-state index contributed by atoms with van der Waals surface area (Å²) in [6.45, 7) is 14.6. The Morgan fingerprint density at radius 2 is 1.83 bits per heavy atom. The molecule has 0 radical (unpaired) electrons. The molecule has 2 aromatic carbocycles. The number of aryl methyl sites for hydroxylation is 3. The number of nitrogens with one attached hydrogen (secondary N) is 1. The first-order chi connectivity index (χ1) is 17.0. The summed E-state index contributed by atoms with van der Waals surface area (Å²) in [5.41, 5.74) is 3.93. The van der Waals surface area contributed by atoms with Gasteiger partial charge in [0.15, 0.2) is 11.5 Å². The topological polar surface area (TPSA) is 56.9 Å². The van der Waals surface area contributed by atoms with Crippen LogP contribution in [0.5, 0.6) is 11.5 Å². The zero-order valence-corrected chi connectivity index (χ0v) is 20.6. The molecule has 182 valence electrons. The van der Waals surface area contributed by atoms with Gasteiger partial charge in [0.2, 0.25) is 5.54 Å². The number of benzene rings is 2. The van der Waals surface area contributed by atoms with Gasteiger partial charge >= 0.3 is 0 Å². The van der Waals surface area contributed by atoms with Crippen molar-refractivity contribution < 1.29 is 9.47 Å². The molecular formula is C29H33N3O3. The second kappa shape index (κ2) is 9.75. The average Bonchev–Trinajstić information content (AvgIpc) is 2.87. The number of hydrogen-bond acceptors (Lipinski definition) is 4. The van der Waals surface area contributed by atoms with E-state index in [2.05, 4.69) is 47.4 Å². The summed E-state index contributed by atoms with van der Waals surface area (Å²) in [5.74, 6) is 1.63. The maximum atomic E-state index is 12.9. The molecule has 1 aliphatic carbocycles. The summed E-state index contributed by atoms with van der Waals surface area (Å²) in [7, 11) is 0. The molecular weight excluding hydrogens is 438 g/mol. The number of nitrogens with zero attached hydrogens (tertiary/aromatic N) is 2. The van der Waals surface area contributed by atoms with E-state index in [4.69, 9.17) is 16.0 Å². The Morgan fingerprint density at radius 1 is 1.06 bits per heavy atom. The monoisotopic (exact) mass is 471 g/mol. The lowest BCUT2D eigenvalue weighted by atomic mass is 9.77. The van der Waals surface area contributed by atoms with Gasteiger partial charge in [-0.1, -0.05) is 18.2 Å². The van der Waals surface area contributed by atoms with Crippen molar-refractivity contribution in [3.8, 4) is 11.5 Å². The summed E-state index contributed by atoms with van der Waals surface area (Å²) in [4.78, 5) is 17.0. The van der Waals surface area contributed by atoms with Crippen LogP contribution in [-0.2, 0) is 13.1 Å². The van der Waals surface area contributed by atoms with Gasteiger partial charge in [-0.15, -0.1) is 0 Å². The fourth-order valence-electron chi connectivity index (χ4n) is 5.45. The molecule has 5 rings (SSSR count). The van der Waals surface area contributed by atoms with Crippen molar-refractivity contribution in [3.05, 3.63) is 80.9 Å². The van der Waals surface area contributed by atoms with Crippen LogP contribution < -0.4 is 20.3 Å². The highest BCUT2D eigenvalue weighted by Crippen LogP contribution is 2.36. The predicted molar refractivity (Wildman–Crippen MR) is 138 cm³/mol. The Morgan fingerprint density at radius 3 is 2.60 bits per heavy atom. The molecule has 0 saturated heterocycles. The predicted octanol–water partition coefficient (Wildman–Crippen LogP) is 5.17. The van der Waals surface area contributed by atoms with E-state index in [-0.39, 0.29) is 5.56 Å². The molecule has 2 aliphatic rings. The van der Waals surface area contributed by atoms with E-state index < -0.39 is 5.54 Å². The Balaban J connectivity index is 1.21. The van der Waals surface area contributed by atoms with Gasteiger partial charge in [-0.25, -0.2) is 6.57 Å². The van der Waals surface area contributed by atoms with Crippen molar-refractivity contribution in [1.82, 2.24) is 9.88 Å². The van der Waals surface area contributed by atoms with Gasteiger partial charge in [0.1, 0.15) is 13.2 Å². The first-order valence-corrected chi connectivity index (χ1v) is 12.6. The summed E-state index contributed by atoms with van der Waals surface area (Å²) in [6, 6.07) is 14.5. The number of hydrogen-bond donors (Lipinski definition) is 1. The second-order valence-corrected chi connectivity index (χ2v) is 10.1. The zero-order chi connectivity index (χ0) is 24.4. The van der Waals surface area contributed by atoms with Crippen LogP contribution in [0.2, 0.25) is 0 Å². The SMILES string of the molecule is [C-]#[N+]C1(CCn2c(=O)cc(C)c3ccc(C)cc32)CCC(NCc2ccc3c(c2)OCCO3)CC1. The first kappa shape index (κ1) is 23.4. The van der Waals surface area contributed by atoms with Crippen molar-refractivity contribution in [1.29, 1.82) is 0 Å². The van der Waals surface area contributed by atoms with Crippen LogP contribution in [0.3, 0.4) is 0 Å². The number of ether oxygens (including phenoxy) is 2. The minimum atomic E-state index is -0.393. The smallest absolute Gasteiger partial charge is 0.251 e. The molecule has 6 nitrogen and oxygen atoms in total. The van der Waals surface area contributed by atoms with Crippen molar-refractivity contribution in [2.75, 3.05) is 13.2 Å². The molecule has 1 aliphatic heterocycles. The van der Waals surface area contributed by atoms with Crippen LogP contribution in [0.25, 0.3) is 15.7 Å². The number of fused-ring (bicyclic) bond motifs is 2. The molecule has 0 amide bonds. The van der Waals surface area contributed by atoms with Crippen molar-refractivity contribution in [2.45, 2.75) is 70.6 Å². The number of pyridine rings is 1. The third kappa shape index (κ3) is 4.92. The summed E-state index contributed by atoms with van der Waals surface area (Å²) >= 11 is 0. The van der Waals surface area contributed by atoms with Crippen LogP contribution in [0, 0.1) is 20.4 Å². The third-order valence-electron chi connectivity index (χ3n) is 7.63. The summed E-state index contributed by atoms with van der Waals surface area (Å²) < 4.78 is 13.2.